The number of hydrogen-bond donors (Lipinski definition) is 4. The average Bonchev–Trinajstić information content (AvgIpc) is 2.49. The Kier molecular flexibility index (Phi) is 5.38. The highest BCUT2D eigenvalue weighted by Crippen LogP contribution is 2.25. The minimum absolute atomic E-state index is 0.347. The van der Waals surface area contributed by atoms with Crippen LogP contribution in [0.2, 0.25) is 0 Å². The fourth-order valence-corrected chi connectivity index (χ4v) is 2.11. The highest BCUT2D eigenvalue weighted by Gasteiger charge is 2.45. The molecule has 1 aromatic carbocycles. The Balaban J connectivity index is 2.09. The van der Waals surface area contributed by atoms with Gasteiger partial charge < -0.3 is 29.9 Å². The molecular weight excluding hydrogens is 298 g/mol. The number of aliphatic imine (C=N–C) groups is 1. The third kappa shape index (κ3) is 3.63. The lowest BCUT2D eigenvalue weighted by molar-refractivity contribution is -0.280. The molecule has 0 aliphatic carbocycles. The molecule has 1 heterocycles. The van der Waals surface area contributed by atoms with E-state index in [0.29, 0.717) is 11.4 Å². The average molecular weight is 313 g/mol. The van der Waals surface area contributed by atoms with Gasteiger partial charge in [0, 0.05) is 0 Å². The van der Waals surface area contributed by atoms with E-state index in [1.807, 2.05) is 0 Å². The van der Waals surface area contributed by atoms with Gasteiger partial charge in [-0.15, -0.1) is 0 Å². The van der Waals surface area contributed by atoms with Gasteiger partial charge in [-0.25, -0.2) is 0 Å². The molecule has 4 N–H and O–H groups in total. The van der Waals surface area contributed by atoms with Crippen LogP contribution < -0.4 is 4.74 Å². The van der Waals surface area contributed by atoms with E-state index < -0.39 is 37.3 Å². The van der Waals surface area contributed by atoms with Crippen LogP contribution in [-0.4, -0.2) is 62.9 Å². The lowest BCUT2D eigenvalue weighted by Crippen LogP contribution is -2.60. The minimum atomic E-state index is -1.47. The Labute approximate surface area is 126 Å². The summed E-state index contributed by atoms with van der Waals surface area (Å²) in [6.45, 7) is -0.522. The van der Waals surface area contributed by atoms with Gasteiger partial charge in [0.15, 0.2) is 12.4 Å². The van der Waals surface area contributed by atoms with Crippen molar-refractivity contribution in [2.75, 3.05) is 6.61 Å². The molecule has 1 fully saturated rings. The first-order valence-electron chi connectivity index (χ1n) is 6.22. The predicted octanol–water partition coefficient (Wildman–Crippen LogP) is -0.400. The van der Waals surface area contributed by atoms with Crippen LogP contribution in [0.3, 0.4) is 0 Å². The molecule has 1 aliphatic rings. The van der Waals surface area contributed by atoms with E-state index >= 15 is 0 Å². The molecular formula is C13H15NO6S. The normalized spacial score (nSPS) is 32.3. The minimum Gasteiger partial charge on any atom is -0.482 e. The number of aliphatic hydroxyl groups excluding tert-OH is 4. The highest BCUT2D eigenvalue weighted by atomic mass is 32.1. The highest BCUT2D eigenvalue weighted by molar-refractivity contribution is 7.78. The van der Waals surface area contributed by atoms with Gasteiger partial charge in [-0.1, -0.05) is 0 Å². The predicted molar refractivity (Wildman–Crippen MR) is 75.5 cm³/mol. The third-order valence-electron chi connectivity index (χ3n) is 3.13. The molecule has 0 radical (unpaired) electrons. The Bertz CT molecular complexity index is 518. The van der Waals surface area contributed by atoms with Crippen LogP contribution in [0.15, 0.2) is 29.3 Å². The number of benzene rings is 1. The zero-order chi connectivity index (χ0) is 15.4. The second-order valence-corrected chi connectivity index (χ2v) is 4.69. The molecule has 0 bridgehead atoms. The number of aliphatic hydroxyl groups is 4. The fraction of sp³-hybridized carbons (Fsp3) is 0.462. The quantitative estimate of drug-likeness (QED) is 0.442. The van der Waals surface area contributed by atoms with Gasteiger partial charge in [-0.05, 0) is 36.5 Å². The Hall–Kier alpha value is -1.38. The molecule has 1 saturated heterocycles. The molecule has 0 aromatic heterocycles. The first-order valence-corrected chi connectivity index (χ1v) is 6.62. The maximum atomic E-state index is 9.94. The molecule has 7 nitrogen and oxygen atoms in total. The Morgan fingerprint density at radius 3 is 2.43 bits per heavy atom. The van der Waals surface area contributed by atoms with Gasteiger partial charge in [0.05, 0.1) is 17.5 Å². The number of thiocarbonyl (C=S) groups is 1. The zero-order valence-corrected chi connectivity index (χ0v) is 11.7. The molecule has 1 aliphatic heterocycles. The van der Waals surface area contributed by atoms with Crippen molar-refractivity contribution in [3.63, 3.8) is 0 Å². The third-order valence-corrected chi connectivity index (χ3v) is 3.22. The number of hydrogen-bond acceptors (Lipinski definition) is 8. The van der Waals surface area contributed by atoms with E-state index in [2.05, 4.69) is 22.4 Å². The standard InChI is InChI=1S/C13H15NO6S/c15-5-9-10(16)11(17)12(13(18)20-9)19-8-3-1-7(2-4-8)14-6-21/h1-4,9-13,15-18H,5H2/t9-,10-,11+,12+,13+/m1/s1. The van der Waals surface area contributed by atoms with E-state index in [-0.39, 0.29) is 0 Å². The van der Waals surface area contributed by atoms with Crippen molar-refractivity contribution in [1.82, 2.24) is 0 Å². The van der Waals surface area contributed by atoms with Crippen LogP contribution in [0.5, 0.6) is 5.75 Å². The van der Waals surface area contributed by atoms with E-state index in [4.69, 9.17) is 14.6 Å². The van der Waals surface area contributed by atoms with Crippen molar-refractivity contribution in [3.8, 4) is 5.75 Å². The molecule has 2 rings (SSSR count). The molecule has 0 amide bonds. The van der Waals surface area contributed by atoms with Gasteiger partial charge in [-0.2, -0.15) is 4.99 Å². The van der Waals surface area contributed by atoms with Crippen LogP contribution in [0.1, 0.15) is 0 Å². The van der Waals surface area contributed by atoms with Crippen molar-refractivity contribution >= 4 is 23.1 Å². The topological polar surface area (TPSA) is 112 Å². The van der Waals surface area contributed by atoms with Crippen LogP contribution in [0.25, 0.3) is 0 Å². The summed E-state index contributed by atoms with van der Waals surface area (Å²) in [5.41, 5.74) is 0.582. The van der Waals surface area contributed by atoms with Crippen LogP contribution in [0, 0.1) is 0 Å². The monoisotopic (exact) mass is 313 g/mol. The van der Waals surface area contributed by atoms with E-state index in [1.165, 1.54) is 0 Å². The molecule has 0 spiro atoms. The summed E-state index contributed by atoms with van der Waals surface area (Å²) in [5, 5.41) is 40.7. The number of ether oxygens (including phenoxy) is 2. The molecule has 21 heavy (non-hydrogen) atoms. The van der Waals surface area contributed by atoms with Crippen LogP contribution >= 0.6 is 12.2 Å². The summed E-state index contributed by atoms with van der Waals surface area (Å²) in [4.78, 5) is 3.78. The lowest BCUT2D eigenvalue weighted by atomic mass is 9.99. The molecule has 114 valence electrons. The molecule has 1 aromatic rings. The van der Waals surface area contributed by atoms with Crippen molar-refractivity contribution in [1.29, 1.82) is 0 Å². The second kappa shape index (κ2) is 7.06. The van der Waals surface area contributed by atoms with Crippen molar-refractivity contribution in [3.05, 3.63) is 24.3 Å². The number of nitrogens with zero attached hydrogens (tertiary/aromatic N) is 1. The first kappa shape index (κ1) is 16.0. The molecule has 0 saturated carbocycles. The van der Waals surface area contributed by atoms with Gasteiger partial charge in [-0.3, -0.25) is 0 Å². The number of isothiocyanates is 1. The lowest BCUT2D eigenvalue weighted by Gasteiger charge is -2.39. The summed E-state index contributed by atoms with van der Waals surface area (Å²) in [6.07, 6.45) is -6.47. The van der Waals surface area contributed by atoms with E-state index in [1.54, 1.807) is 24.3 Å². The number of rotatable bonds is 4. The fourth-order valence-electron chi connectivity index (χ4n) is 2.01. The maximum absolute atomic E-state index is 9.94. The summed E-state index contributed by atoms with van der Waals surface area (Å²) in [6, 6.07) is 6.36. The van der Waals surface area contributed by atoms with Crippen LogP contribution in [-0.2, 0) is 4.74 Å². The molecule has 5 atom stereocenters. The van der Waals surface area contributed by atoms with Gasteiger partial charge in [0.25, 0.3) is 0 Å². The van der Waals surface area contributed by atoms with Crippen molar-refractivity contribution < 1.29 is 29.9 Å². The molecule has 8 heteroatoms. The summed E-state index contributed by atoms with van der Waals surface area (Å²) < 4.78 is 10.4. The Morgan fingerprint density at radius 2 is 1.86 bits per heavy atom. The van der Waals surface area contributed by atoms with Crippen LogP contribution in [0.4, 0.5) is 5.69 Å². The molecule has 0 unspecified atom stereocenters. The Morgan fingerprint density at radius 1 is 1.19 bits per heavy atom. The zero-order valence-electron chi connectivity index (χ0n) is 10.9. The van der Waals surface area contributed by atoms with Gasteiger partial charge >= 0.3 is 0 Å². The van der Waals surface area contributed by atoms with Crippen molar-refractivity contribution in [2.24, 2.45) is 4.99 Å². The maximum Gasteiger partial charge on any atom is 0.195 e. The largest absolute Gasteiger partial charge is 0.482 e. The smallest absolute Gasteiger partial charge is 0.195 e. The van der Waals surface area contributed by atoms with E-state index in [9.17, 15) is 15.3 Å². The first-order chi connectivity index (χ1) is 10.1. The van der Waals surface area contributed by atoms with E-state index in [0.717, 1.165) is 0 Å². The SMILES string of the molecule is OC[C@H]1O[C@H](O)[C@@H](Oc2ccc(N=C=S)cc2)[C@@H](O)[C@@H]1O. The van der Waals surface area contributed by atoms with Gasteiger partial charge in [0.1, 0.15) is 24.1 Å². The van der Waals surface area contributed by atoms with Gasteiger partial charge in [0.2, 0.25) is 0 Å². The summed E-state index contributed by atoms with van der Waals surface area (Å²) >= 11 is 4.49. The van der Waals surface area contributed by atoms with Crippen molar-refractivity contribution in [2.45, 2.75) is 30.7 Å². The second-order valence-electron chi connectivity index (χ2n) is 4.51. The summed E-state index contributed by atoms with van der Waals surface area (Å²) in [5.74, 6) is 0.347. The summed E-state index contributed by atoms with van der Waals surface area (Å²) in [7, 11) is 0.